The van der Waals surface area contributed by atoms with Gasteiger partial charge in [0.25, 0.3) is 0 Å². The molecule has 0 aromatic carbocycles. The van der Waals surface area contributed by atoms with Crippen LogP contribution in [0.15, 0.2) is 25.3 Å². The van der Waals surface area contributed by atoms with Gasteiger partial charge in [-0.05, 0) is 26.2 Å². The van der Waals surface area contributed by atoms with Gasteiger partial charge in [0.05, 0.1) is 0 Å². The lowest BCUT2D eigenvalue weighted by Gasteiger charge is -1.84. The third kappa shape index (κ3) is 27.3. The zero-order valence-corrected chi connectivity index (χ0v) is 6.68. The molecule has 0 spiro atoms. The zero-order chi connectivity index (χ0) is 8.24. The summed E-state index contributed by atoms with van der Waals surface area (Å²) in [6.07, 6.45) is 8.05. The van der Waals surface area contributed by atoms with Crippen LogP contribution in [0.25, 0.3) is 0 Å². The Morgan fingerprint density at radius 3 is 1.70 bits per heavy atom. The molecule has 0 N–H and O–H groups in total. The predicted octanol–water partition coefficient (Wildman–Crippen LogP) is 2.73. The fourth-order valence-electron chi connectivity index (χ4n) is 0.407. The van der Waals surface area contributed by atoms with E-state index in [4.69, 9.17) is 4.79 Å². The molecule has 0 aromatic rings. The molecular weight excluding hydrogens is 124 g/mol. The Bertz CT molecular complexity index is 76.7. The molecule has 0 saturated carbocycles. The van der Waals surface area contributed by atoms with Crippen molar-refractivity contribution >= 4 is 6.29 Å². The van der Waals surface area contributed by atoms with E-state index in [0.717, 1.165) is 19.1 Å². The summed E-state index contributed by atoms with van der Waals surface area (Å²) in [5.41, 5.74) is 0. The lowest BCUT2D eigenvalue weighted by Crippen LogP contribution is -1.64. The first-order valence-corrected chi connectivity index (χ1v) is 3.45. The molecule has 0 radical (unpaired) electrons. The van der Waals surface area contributed by atoms with E-state index in [1.54, 1.807) is 0 Å². The summed E-state index contributed by atoms with van der Waals surface area (Å²) in [5.74, 6) is 0. The quantitative estimate of drug-likeness (QED) is 0.333. The molecule has 0 aliphatic heterocycles. The molecule has 0 saturated heterocycles. The van der Waals surface area contributed by atoms with E-state index >= 15 is 0 Å². The van der Waals surface area contributed by atoms with Crippen LogP contribution < -0.4 is 0 Å². The van der Waals surface area contributed by atoms with Gasteiger partial charge in [-0.1, -0.05) is 12.2 Å². The van der Waals surface area contributed by atoms with Crippen LogP contribution in [-0.2, 0) is 4.79 Å². The van der Waals surface area contributed by atoms with E-state index in [2.05, 4.69) is 13.2 Å². The number of hydrogen-bond acceptors (Lipinski definition) is 1. The average Bonchev–Trinajstić information content (AvgIpc) is 1.91. The second-order valence-corrected chi connectivity index (χ2v) is 1.74. The molecule has 10 heavy (non-hydrogen) atoms. The smallest absolute Gasteiger partial charge is 0.116 e. The van der Waals surface area contributed by atoms with Gasteiger partial charge in [0.2, 0.25) is 0 Å². The first-order valence-electron chi connectivity index (χ1n) is 3.45. The van der Waals surface area contributed by atoms with Gasteiger partial charge in [-0.25, -0.2) is 0 Å². The van der Waals surface area contributed by atoms with Crippen molar-refractivity contribution < 1.29 is 4.79 Å². The second-order valence-electron chi connectivity index (χ2n) is 1.74. The number of carbonyl (C=O) groups is 1. The van der Waals surface area contributed by atoms with E-state index in [-0.39, 0.29) is 0 Å². The molecule has 0 amide bonds. The van der Waals surface area contributed by atoms with E-state index in [1.165, 1.54) is 13.3 Å². The highest BCUT2D eigenvalue weighted by molar-refractivity contribution is 5.44. The number of aldehydes is 1. The molecule has 0 atom stereocenters. The van der Waals surface area contributed by atoms with E-state index in [1.807, 2.05) is 12.2 Å². The van der Waals surface area contributed by atoms with Gasteiger partial charge in [-0.15, -0.1) is 13.2 Å². The highest BCUT2D eigenvalue weighted by atomic mass is 16.1. The van der Waals surface area contributed by atoms with Crippen molar-refractivity contribution in [3.63, 3.8) is 0 Å². The Kier molecular flexibility index (Phi) is 18.7. The number of unbranched alkanes of at least 4 members (excludes halogenated alkanes) is 2. The summed E-state index contributed by atoms with van der Waals surface area (Å²) in [5, 5.41) is 0. The van der Waals surface area contributed by atoms with Crippen LogP contribution in [0.4, 0.5) is 0 Å². The first kappa shape index (κ1) is 11.9. The molecule has 0 aliphatic rings. The molecule has 0 bridgehead atoms. The fraction of sp³-hybridized carbons (Fsp3) is 0.444. The van der Waals surface area contributed by atoms with Crippen molar-refractivity contribution in [1.29, 1.82) is 0 Å². The van der Waals surface area contributed by atoms with Crippen molar-refractivity contribution in [2.45, 2.75) is 26.2 Å². The maximum atomic E-state index is 8.81. The molecule has 0 rings (SSSR count). The minimum atomic E-state index is 0.750. The molecule has 0 aliphatic carbocycles. The molecule has 0 aromatic heterocycles. The Morgan fingerprint density at radius 2 is 1.50 bits per heavy atom. The molecule has 1 nitrogen and oxygen atoms in total. The van der Waals surface area contributed by atoms with Gasteiger partial charge in [0.1, 0.15) is 6.29 Å². The number of hydrogen-bond donors (Lipinski definition) is 0. The Hall–Kier alpha value is -0.850. The van der Waals surface area contributed by atoms with Crippen molar-refractivity contribution in [2.24, 2.45) is 0 Å². The van der Waals surface area contributed by atoms with Crippen molar-refractivity contribution in [3.05, 3.63) is 25.3 Å². The number of rotatable bonds is 4. The third-order valence-electron chi connectivity index (χ3n) is 0.816. The second kappa shape index (κ2) is 15.7. The van der Waals surface area contributed by atoms with Gasteiger partial charge in [-0.2, -0.15) is 0 Å². The van der Waals surface area contributed by atoms with Crippen LogP contribution in [0.2, 0.25) is 0 Å². The van der Waals surface area contributed by atoms with Gasteiger partial charge in [-0.3, -0.25) is 0 Å². The zero-order valence-electron chi connectivity index (χ0n) is 6.68. The number of allylic oxidation sites excluding steroid dienone is 2. The Morgan fingerprint density at radius 1 is 1.20 bits per heavy atom. The number of carbonyl (C=O) groups excluding carboxylic acids is 1. The molecule has 1 heteroatoms. The van der Waals surface area contributed by atoms with Crippen LogP contribution in [0, 0.1) is 0 Å². The predicted molar refractivity (Wildman–Crippen MR) is 46.0 cm³/mol. The molecule has 58 valence electrons. The topological polar surface area (TPSA) is 17.1 Å². The summed E-state index contributed by atoms with van der Waals surface area (Å²) >= 11 is 0. The van der Waals surface area contributed by atoms with Crippen LogP contribution in [-0.4, -0.2) is 6.29 Å². The summed E-state index contributed by atoms with van der Waals surface area (Å²) in [6.45, 7) is 8.64. The van der Waals surface area contributed by atoms with E-state index < -0.39 is 0 Å². The molecule has 0 fully saturated rings. The van der Waals surface area contributed by atoms with Crippen molar-refractivity contribution in [3.8, 4) is 0 Å². The molecule has 0 heterocycles. The van der Waals surface area contributed by atoms with Crippen LogP contribution in [0.1, 0.15) is 26.2 Å². The normalized spacial score (nSPS) is 6.90. The standard InChI is InChI=1S/C7H12.C2H4O/c1-3-5-7-6-4-2;1-2-3/h3-4H,1-2,5-7H2;2H,1H3. The third-order valence-corrected chi connectivity index (χ3v) is 0.816. The average molecular weight is 140 g/mol. The monoisotopic (exact) mass is 140 g/mol. The van der Waals surface area contributed by atoms with Crippen LogP contribution >= 0.6 is 0 Å². The first-order chi connectivity index (χ1) is 4.83. The Labute approximate surface area is 63.4 Å². The lowest BCUT2D eigenvalue weighted by atomic mass is 10.2. The summed E-state index contributed by atoms with van der Waals surface area (Å²) in [7, 11) is 0. The Balaban J connectivity index is 0. The summed E-state index contributed by atoms with van der Waals surface area (Å²) in [4.78, 5) is 8.81. The highest BCUT2D eigenvalue weighted by Crippen LogP contribution is 1.93. The van der Waals surface area contributed by atoms with Gasteiger partial charge < -0.3 is 4.79 Å². The van der Waals surface area contributed by atoms with E-state index in [0.29, 0.717) is 0 Å². The summed E-state index contributed by atoms with van der Waals surface area (Å²) < 4.78 is 0. The van der Waals surface area contributed by atoms with Crippen LogP contribution in [0.5, 0.6) is 0 Å². The van der Waals surface area contributed by atoms with Crippen molar-refractivity contribution in [2.75, 3.05) is 0 Å². The van der Waals surface area contributed by atoms with Crippen molar-refractivity contribution in [1.82, 2.24) is 0 Å². The molecular formula is C9H16O. The minimum absolute atomic E-state index is 0.750. The minimum Gasteiger partial charge on any atom is -0.304 e. The maximum Gasteiger partial charge on any atom is 0.116 e. The fourth-order valence-corrected chi connectivity index (χ4v) is 0.407. The van der Waals surface area contributed by atoms with Gasteiger partial charge in [0.15, 0.2) is 0 Å². The largest absolute Gasteiger partial charge is 0.304 e. The summed E-state index contributed by atoms with van der Waals surface area (Å²) in [6, 6.07) is 0. The van der Waals surface area contributed by atoms with Gasteiger partial charge >= 0.3 is 0 Å². The van der Waals surface area contributed by atoms with Crippen LogP contribution in [0.3, 0.4) is 0 Å². The highest BCUT2D eigenvalue weighted by Gasteiger charge is 1.74. The maximum absolute atomic E-state index is 8.81. The van der Waals surface area contributed by atoms with Gasteiger partial charge in [0, 0.05) is 0 Å². The van der Waals surface area contributed by atoms with E-state index in [9.17, 15) is 0 Å². The SMILES string of the molecule is C=CCCCC=C.CC=O. The lowest BCUT2D eigenvalue weighted by molar-refractivity contribution is -0.106. The molecule has 0 unspecified atom stereocenters.